The van der Waals surface area contributed by atoms with E-state index in [0.717, 1.165) is 11.1 Å². The van der Waals surface area contributed by atoms with E-state index in [1.165, 1.54) is 6.08 Å². The van der Waals surface area contributed by atoms with E-state index < -0.39 is 5.91 Å². The summed E-state index contributed by atoms with van der Waals surface area (Å²) in [5.41, 5.74) is 3.08. The fraction of sp³-hybridized carbons (Fsp3) is 0.0833. The topological polar surface area (TPSA) is 62.1 Å². The monoisotopic (exact) mass is 592 g/mol. The summed E-state index contributed by atoms with van der Waals surface area (Å²) in [6.07, 6.45) is 1.48. The number of rotatable bonds is 6. The minimum atomic E-state index is -0.594. The first-order chi connectivity index (χ1) is 15.3. The molecule has 0 heterocycles. The standard InChI is InChI=1S/C24H16Br2Cl2N2O2/c1-14-4-2-5-15(8-14)13-32-23-18(25)10-16(11-19(23)26)9-17(12-29)24(31)30-21-7-3-6-20(27)22(21)28/h2-11H,13H2,1H3,(H,30,31)/b17-9-. The predicted octanol–water partition coefficient (Wildman–Crippen LogP) is 7.95. The van der Waals surface area contributed by atoms with Crippen LogP contribution in [0.3, 0.4) is 0 Å². The summed E-state index contributed by atoms with van der Waals surface area (Å²) < 4.78 is 7.32. The highest BCUT2D eigenvalue weighted by atomic mass is 79.9. The molecular weight excluding hydrogens is 579 g/mol. The highest BCUT2D eigenvalue weighted by Gasteiger charge is 2.14. The maximum Gasteiger partial charge on any atom is 0.266 e. The molecule has 0 unspecified atom stereocenters. The van der Waals surface area contributed by atoms with Crippen LogP contribution in [-0.4, -0.2) is 5.91 Å². The van der Waals surface area contributed by atoms with Gasteiger partial charge < -0.3 is 10.1 Å². The third-order valence-electron chi connectivity index (χ3n) is 4.36. The van der Waals surface area contributed by atoms with E-state index in [4.69, 9.17) is 27.9 Å². The average Bonchev–Trinajstić information content (AvgIpc) is 2.74. The summed E-state index contributed by atoms with van der Waals surface area (Å²) in [5.74, 6) is 0.0287. The van der Waals surface area contributed by atoms with Crippen molar-refractivity contribution in [3.63, 3.8) is 0 Å². The van der Waals surface area contributed by atoms with Crippen molar-refractivity contribution in [1.82, 2.24) is 0 Å². The number of carbonyl (C=O) groups excluding carboxylic acids is 1. The number of anilines is 1. The molecule has 0 bridgehead atoms. The molecule has 0 aliphatic heterocycles. The van der Waals surface area contributed by atoms with Crippen LogP contribution in [0.5, 0.6) is 5.75 Å². The van der Waals surface area contributed by atoms with Crippen LogP contribution in [0.4, 0.5) is 5.69 Å². The van der Waals surface area contributed by atoms with Gasteiger partial charge in [-0.25, -0.2) is 0 Å². The lowest BCUT2D eigenvalue weighted by molar-refractivity contribution is -0.112. The van der Waals surface area contributed by atoms with E-state index in [-0.39, 0.29) is 10.6 Å². The number of carbonyl (C=O) groups is 1. The maximum atomic E-state index is 12.6. The van der Waals surface area contributed by atoms with Crippen molar-refractivity contribution in [2.75, 3.05) is 5.32 Å². The van der Waals surface area contributed by atoms with Crippen LogP contribution in [0.2, 0.25) is 10.0 Å². The van der Waals surface area contributed by atoms with Gasteiger partial charge in [-0.1, -0.05) is 59.1 Å². The molecule has 0 spiro atoms. The lowest BCUT2D eigenvalue weighted by Crippen LogP contribution is -2.13. The van der Waals surface area contributed by atoms with Crippen molar-refractivity contribution in [3.8, 4) is 11.8 Å². The van der Waals surface area contributed by atoms with Gasteiger partial charge in [0.15, 0.2) is 0 Å². The van der Waals surface area contributed by atoms with Crippen LogP contribution in [0.1, 0.15) is 16.7 Å². The molecule has 0 aromatic heterocycles. The van der Waals surface area contributed by atoms with Gasteiger partial charge in [0.2, 0.25) is 0 Å². The molecule has 0 saturated heterocycles. The quantitative estimate of drug-likeness (QED) is 0.233. The van der Waals surface area contributed by atoms with E-state index in [2.05, 4.69) is 43.2 Å². The van der Waals surface area contributed by atoms with Crippen LogP contribution < -0.4 is 10.1 Å². The van der Waals surface area contributed by atoms with Crippen molar-refractivity contribution in [2.45, 2.75) is 13.5 Å². The zero-order chi connectivity index (χ0) is 23.3. The molecule has 3 aromatic rings. The third-order valence-corrected chi connectivity index (χ3v) is 6.36. The molecule has 3 rings (SSSR count). The van der Waals surface area contributed by atoms with Gasteiger partial charge in [0.05, 0.1) is 24.7 Å². The number of ether oxygens (including phenoxy) is 1. The predicted molar refractivity (Wildman–Crippen MR) is 136 cm³/mol. The van der Waals surface area contributed by atoms with Gasteiger partial charge in [0, 0.05) is 0 Å². The Labute approximate surface area is 213 Å². The van der Waals surface area contributed by atoms with Crippen LogP contribution in [-0.2, 0) is 11.4 Å². The largest absolute Gasteiger partial charge is 0.487 e. The van der Waals surface area contributed by atoms with Crippen molar-refractivity contribution in [2.24, 2.45) is 0 Å². The first kappa shape index (κ1) is 24.3. The minimum absolute atomic E-state index is 0.0896. The first-order valence-corrected chi connectivity index (χ1v) is 11.7. The number of aryl methyl sites for hydroxylation is 1. The molecule has 4 nitrogen and oxygen atoms in total. The van der Waals surface area contributed by atoms with Gasteiger partial charge in [-0.15, -0.1) is 0 Å². The summed E-state index contributed by atoms with van der Waals surface area (Å²) >= 11 is 19.1. The fourth-order valence-electron chi connectivity index (χ4n) is 2.86. The maximum absolute atomic E-state index is 12.6. The average molecular weight is 595 g/mol. The Hall–Kier alpha value is -2.30. The Morgan fingerprint density at radius 2 is 1.81 bits per heavy atom. The molecule has 1 amide bonds. The highest BCUT2D eigenvalue weighted by Crippen LogP contribution is 2.36. The number of hydrogen-bond donors (Lipinski definition) is 1. The zero-order valence-electron chi connectivity index (χ0n) is 16.8. The van der Waals surface area contributed by atoms with E-state index in [9.17, 15) is 10.1 Å². The molecule has 0 radical (unpaired) electrons. The van der Waals surface area contributed by atoms with E-state index in [1.807, 2.05) is 31.2 Å². The fourth-order valence-corrected chi connectivity index (χ4v) is 4.66. The van der Waals surface area contributed by atoms with Crippen molar-refractivity contribution in [1.29, 1.82) is 5.26 Å². The number of amides is 1. The minimum Gasteiger partial charge on any atom is -0.487 e. The van der Waals surface area contributed by atoms with Crippen molar-refractivity contribution in [3.05, 3.63) is 95.9 Å². The zero-order valence-corrected chi connectivity index (χ0v) is 21.4. The van der Waals surface area contributed by atoms with E-state index in [0.29, 0.717) is 37.6 Å². The van der Waals surface area contributed by atoms with Gasteiger partial charge in [-0.2, -0.15) is 5.26 Å². The molecule has 32 heavy (non-hydrogen) atoms. The molecule has 3 aromatic carbocycles. The van der Waals surface area contributed by atoms with Gasteiger partial charge in [0.25, 0.3) is 5.91 Å². The SMILES string of the molecule is Cc1cccc(COc2c(Br)cc(/C=C(/C#N)C(=O)Nc3cccc(Cl)c3Cl)cc2Br)c1. The smallest absolute Gasteiger partial charge is 0.266 e. The number of nitrogens with zero attached hydrogens (tertiary/aromatic N) is 1. The molecule has 0 saturated carbocycles. The Morgan fingerprint density at radius 3 is 2.47 bits per heavy atom. The van der Waals surface area contributed by atoms with Crippen molar-refractivity contribution < 1.29 is 9.53 Å². The molecule has 0 aliphatic carbocycles. The lowest BCUT2D eigenvalue weighted by atomic mass is 10.1. The molecule has 0 atom stereocenters. The van der Waals surface area contributed by atoms with E-state index >= 15 is 0 Å². The summed E-state index contributed by atoms with van der Waals surface area (Å²) in [7, 11) is 0. The Morgan fingerprint density at radius 1 is 1.12 bits per heavy atom. The summed E-state index contributed by atoms with van der Waals surface area (Å²) in [6.45, 7) is 2.43. The molecule has 1 N–H and O–H groups in total. The summed E-state index contributed by atoms with van der Waals surface area (Å²) in [6, 6.07) is 18.4. The Bertz CT molecular complexity index is 1230. The molecule has 0 aliphatic rings. The number of halogens is 4. The summed E-state index contributed by atoms with van der Waals surface area (Å²) in [4.78, 5) is 12.6. The van der Waals surface area contributed by atoms with Gasteiger partial charge in [0.1, 0.15) is 24.0 Å². The molecule has 162 valence electrons. The van der Waals surface area contributed by atoms with E-state index in [1.54, 1.807) is 30.3 Å². The Kier molecular flexibility index (Phi) is 8.38. The summed E-state index contributed by atoms with van der Waals surface area (Å²) in [5, 5.41) is 12.6. The second kappa shape index (κ2) is 11.0. The Balaban J connectivity index is 1.79. The lowest BCUT2D eigenvalue weighted by Gasteiger charge is -2.12. The second-order valence-corrected chi connectivity index (χ2v) is 9.31. The normalized spacial score (nSPS) is 11.1. The molecule has 8 heteroatoms. The molecule has 0 fully saturated rings. The molecular formula is C24H16Br2Cl2N2O2. The number of benzene rings is 3. The number of nitriles is 1. The van der Waals surface area contributed by atoms with Crippen LogP contribution in [0, 0.1) is 18.3 Å². The first-order valence-electron chi connectivity index (χ1n) is 9.33. The van der Waals surface area contributed by atoms with Crippen LogP contribution >= 0.6 is 55.1 Å². The number of nitrogens with one attached hydrogen (secondary N) is 1. The van der Waals surface area contributed by atoms with Gasteiger partial charge in [-0.05, 0) is 80.3 Å². The van der Waals surface area contributed by atoms with Gasteiger partial charge in [-0.3, -0.25) is 4.79 Å². The number of hydrogen-bond acceptors (Lipinski definition) is 3. The highest BCUT2D eigenvalue weighted by molar-refractivity contribution is 9.11. The van der Waals surface area contributed by atoms with Crippen molar-refractivity contribution >= 4 is 72.7 Å². The third kappa shape index (κ3) is 6.14. The van der Waals surface area contributed by atoms with Gasteiger partial charge >= 0.3 is 0 Å². The van der Waals surface area contributed by atoms with Crippen LogP contribution in [0.25, 0.3) is 6.08 Å². The van der Waals surface area contributed by atoms with Crippen LogP contribution in [0.15, 0.2) is 69.1 Å². The second-order valence-electron chi connectivity index (χ2n) is 6.82.